The van der Waals surface area contributed by atoms with Gasteiger partial charge in [0.25, 0.3) is 0 Å². The van der Waals surface area contributed by atoms with Crippen LogP contribution in [0.4, 0.5) is 17.1 Å². The van der Waals surface area contributed by atoms with Crippen LogP contribution in [0.1, 0.15) is 45.9 Å². The van der Waals surface area contributed by atoms with Gasteiger partial charge in [0.05, 0.1) is 5.41 Å². The van der Waals surface area contributed by atoms with Crippen molar-refractivity contribution in [3.05, 3.63) is 269 Å². The maximum absolute atomic E-state index is 7.01. The zero-order valence-corrected chi connectivity index (χ0v) is 35.8. The lowest BCUT2D eigenvalue weighted by molar-refractivity contribution is 0.638. The second-order valence-electron chi connectivity index (χ2n) is 18.0. The van der Waals surface area contributed by atoms with Gasteiger partial charge in [-0.15, -0.1) is 0 Å². The maximum Gasteiger partial charge on any atom is 0.140 e. The highest BCUT2D eigenvalue weighted by Crippen LogP contribution is 2.63. The van der Waals surface area contributed by atoms with Crippen LogP contribution < -0.4 is 4.90 Å². The highest BCUT2D eigenvalue weighted by atomic mass is 16.3. The Labute approximate surface area is 378 Å². The zero-order chi connectivity index (χ0) is 42.9. The molecule has 304 valence electrons. The average Bonchev–Trinajstić information content (AvgIpc) is 4.07. The molecule has 3 aliphatic rings. The third kappa shape index (κ3) is 4.83. The van der Waals surface area contributed by atoms with Gasteiger partial charge in [0.15, 0.2) is 0 Å². The summed E-state index contributed by atoms with van der Waals surface area (Å²) in [5, 5.41) is 2.21. The minimum absolute atomic E-state index is 0.474. The first-order valence-electron chi connectivity index (χ1n) is 22.7. The van der Waals surface area contributed by atoms with Crippen LogP contribution in [-0.4, -0.2) is 0 Å². The fraction of sp³-hybridized carbons (Fsp3) is 0.0476. The SMILES string of the molecule is CC1(c2cc(N(c3ccc(-c4ccccc4)cc3)c3ccc4c(c3)C3(c5ccccc5-c5ccccc53)c3ccccc3-4)cc3c2oc2ccccc23)c2ccccc2-c2ccccc21. The minimum Gasteiger partial charge on any atom is -0.456 e. The summed E-state index contributed by atoms with van der Waals surface area (Å²) in [6.45, 7) is 2.40. The minimum atomic E-state index is -0.501. The largest absolute Gasteiger partial charge is 0.456 e. The van der Waals surface area contributed by atoms with Crippen molar-refractivity contribution in [3.63, 3.8) is 0 Å². The van der Waals surface area contributed by atoms with Crippen LogP contribution >= 0.6 is 0 Å². The van der Waals surface area contributed by atoms with E-state index in [1.807, 2.05) is 0 Å². The molecule has 65 heavy (non-hydrogen) atoms. The second-order valence-corrected chi connectivity index (χ2v) is 18.0. The van der Waals surface area contributed by atoms with Gasteiger partial charge in [0.2, 0.25) is 0 Å². The number of furan rings is 1. The highest BCUT2D eigenvalue weighted by Gasteiger charge is 2.52. The van der Waals surface area contributed by atoms with Gasteiger partial charge < -0.3 is 9.32 Å². The van der Waals surface area contributed by atoms with E-state index in [4.69, 9.17) is 4.42 Å². The van der Waals surface area contributed by atoms with Crippen LogP contribution in [0.5, 0.6) is 0 Å². The lowest BCUT2D eigenvalue weighted by Crippen LogP contribution is -2.26. The van der Waals surface area contributed by atoms with E-state index in [1.54, 1.807) is 0 Å². The van der Waals surface area contributed by atoms with E-state index in [1.165, 1.54) is 77.9 Å². The van der Waals surface area contributed by atoms with Gasteiger partial charge in [-0.05, 0) is 127 Å². The zero-order valence-electron chi connectivity index (χ0n) is 35.8. The molecule has 0 aliphatic heterocycles. The van der Waals surface area contributed by atoms with Crippen LogP contribution in [0.3, 0.4) is 0 Å². The van der Waals surface area contributed by atoms with Crippen LogP contribution in [0, 0.1) is 0 Å². The summed E-state index contributed by atoms with van der Waals surface area (Å²) in [5.41, 5.74) is 23.2. The number of rotatable bonds is 5. The molecule has 3 aliphatic carbocycles. The summed E-state index contributed by atoms with van der Waals surface area (Å²) >= 11 is 0. The van der Waals surface area contributed by atoms with Gasteiger partial charge in [-0.3, -0.25) is 0 Å². The summed E-state index contributed by atoms with van der Waals surface area (Å²) in [7, 11) is 0. The third-order valence-electron chi connectivity index (χ3n) is 15.0. The molecular formula is C63H41NO. The molecule has 1 heterocycles. The Balaban J connectivity index is 1.07. The van der Waals surface area contributed by atoms with E-state index in [0.29, 0.717) is 0 Å². The molecule has 2 nitrogen and oxygen atoms in total. The average molecular weight is 828 g/mol. The van der Waals surface area contributed by atoms with Crippen molar-refractivity contribution in [2.75, 3.05) is 4.90 Å². The quantitative estimate of drug-likeness (QED) is 0.172. The molecule has 2 heteroatoms. The Kier molecular flexibility index (Phi) is 7.49. The smallest absolute Gasteiger partial charge is 0.140 e. The topological polar surface area (TPSA) is 16.4 Å². The Bertz CT molecular complexity index is 3630. The molecule has 0 saturated carbocycles. The maximum atomic E-state index is 7.01. The van der Waals surface area contributed by atoms with Crippen molar-refractivity contribution < 1.29 is 4.42 Å². The number of anilines is 3. The molecule has 0 atom stereocenters. The number of hydrogen-bond acceptors (Lipinski definition) is 2. The number of para-hydroxylation sites is 1. The molecule has 0 bridgehead atoms. The van der Waals surface area contributed by atoms with Gasteiger partial charge in [0, 0.05) is 38.8 Å². The van der Waals surface area contributed by atoms with Gasteiger partial charge in [-0.25, -0.2) is 0 Å². The summed E-state index contributed by atoms with van der Waals surface area (Å²) in [6.07, 6.45) is 0. The van der Waals surface area contributed by atoms with Gasteiger partial charge in [-0.1, -0.05) is 188 Å². The third-order valence-corrected chi connectivity index (χ3v) is 15.0. The van der Waals surface area contributed by atoms with E-state index >= 15 is 0 Å². The number of hydrogen-bond donors (Lipinski definition) is 0. The van der Waals surface area contributed by atoms with Crippen LogP contribution in [-0.2, 0) is 10.8 Å². The van der Waals surface area contributed by atoms with E-state index in [9.17, 15) is 0 Å². The molecule has 0 radical (unpaired) electrons. The van der Waals surface area contributed by atoms with Crippen LogP contribution in [0.25, 0.3) is 66.4 Å². The molecule has 0 fully saturated rings. The van der Waals surface area contributed by atoms with Crippen molar-refractivity contribution in [1.29, 1.82) is 0 Å². The molecule has 11 aromatic rings. The number of fused-ring (bicyclic) bond motifs is 16. The van der Waals surface area contributed by atoms with Crippen molar-refractivity contribution in [1.82, 2.24) is 0 Å². The Morgan fingerprint density at radius 2 is 0.769 bits per heavy atom. The number of nitrogens with zero attached hydrogens (tertiary/aromatic N) is 1. The Hall–Kier alpha value is -8.20. The first kappa shape index (κ1) is 36.3. The lowest BCUT2D eigenvalue weighted by Gasteiger charge is -2.33. The molecule has 0 N–H and O–H groups in total. The van der Waals surface area contributed by atoms with E-state index < -0.39 is 10.8 Å². The van der Waals surface area contributed by atoms with Gasteiger partial charge in [-0.2, -0.15) is 0 Å². The Morgan fingerprint density at radius 1 is 0.323 bits per heavy atom. The van der Waals surface area contributed by atoms with Crippen LogP contribution in [0.2, 0.25) is 0 Å². The van der Waals surface area contributed by atoms with Crippen molar-refractivity contribution in [3.8, 4) is 44.5 Å². The molecule has 14 rings (SSSR count). The molecule has 0 unspecified atom stereocenters. The summed E-state index contributed by atoms with van der Waals surface area (Å²) in [4.78, 5) is 2.49. The monoisotopic (exact) mass is 827 g/mol. The molecule has 1 spiro atoms. The van der Waals surface area contributed by atoms with E-state index in [-0.39, 0.29) is 0 Å². The van der Waals surface area contributed by atoms with Crippen molar-refractivity contribution in [2.45, 2.75) is 17.8 Å². The number of benzene rings is 10. The normalized spacial score (nSPS) is 14.2. The summed E-state index contributed by atoms with van der Waals surface area (Å²) in [6, 6.07) is 85.3. The van der Waals surface area contributed by atoms with Crippen molar-refractivity contribution in [2.24, 2.45) is 0 Å². The van der Waals surface area contributed by atoms with E-state index in [2.05, 4.69) is 242 Å². The fourth-order valence-electron chi connectivity index (χ4n) is 12.2. The molecular weight excluding hydrogens is 787 g/mol. The molecule has 0 saturated heterocycles. The fourth-order valence-corrected chi connectivity index (χ4v) is 12.2. The standard InChI is InChI=1S/C63H41NO/c1-62(53-25-11-5-19-45(53)46-20-6-12-26-54(46)62)59-39-44(37-52-51-24-10-16-30-60(51)65-61(52)59)64(42-33-31-41(32-34-42)40-17-3-2-4-18-40)43-35-36-50-49-23-9-15-29-57(49)63(58(50)38-43)55-27-13-7-21-47(55)48-22-8-14-28-56(48)63/h2-39H,1H3. The van der Waals surface area contributed by atoms with Gasteiger partial charge in [0.1, 0.15) is 11.2 Å². The first-order valence-corrected chi connectivity index (χ1v) is 22.7. The predicted molar refractivity (Wildman–Crippen MR) is 268 cm³/mol. The van der Waals surface area contributed by atoms with Crippen molar-refractivity contribution >= 4 is 39.0 Å². The predicted octanol–water partition coefficient (Wildman–Crippen LogP) is 16.4. The van der Waals surface area contributed by atoms with Gasteiger partial charge >= 0.3 is 0 Å². The Morgan fingerprint density at radius 3 is 1.37 bits per heavy atom. The second kappa shape index (κ2) is 13.4. The van der Waals surface area contributed by atoms with E-state index in [0.717, 1.165) is 44.6 Å². The summed E-state index contributed by atoms with van der Waals surface area (Å²) in [5.74, 6) is 0. The lowest BCUT2D eigenvalue weighted by atomic mass is 9.70. The molecule has 10 aromatic carbocycles. The first-order chi connectivity index (χ1) is 32.1. The van der Waals surface area contributed by atoms with Crippen LogP contribution in [0.15, 0.2) is 235 Å². The molecule has 0 amide bonds. The molecule has 1 aromatic heterocycles. The highest BCUT2D eigenvalue weighted by molar-refractivity contribution is 6.09. The summed E-state index contributed by atoms with van der Waals surface area (Å²) < 4.78 is 7.01.